The molecule has 0 saturated heterocycles. The van der Waals surface area contributed by atoms with Crippen LogP contribution in [-0.4, -0.2) is 41.5 Å². The fraction of sp³-hybridized carbons (Fsp3) is 0.217. The highest BCUT2D eigenvalue weighted by Crippen LogP contribution is 2.38. The molecule has 6 nitrogen and oxygen atoms in total. The van der Waals surface area contributed by atoms with Crippen molar-refractivity contribution in [1.29, 1.82) is 0 Å². The number of halogens is 4. The first-order valence-electron chi connectivity index (χ1n) is 10.1. The highest BCUT2D eigenvalue weighted by molar-refractivity contribution is 5.99. The number of aromatic nitrogens is 2. The van der Waals surface area contributed by atoms with Gasteiger partial charge in [0.15, 0.2) is 23.3 Å². The first kappa shape index (κ1) is 21.2. The molecule has 1 atom stereocenters. The minimum Gasteiger partial charge on any atom is -0.373 e. The average molecular weight is 458 g/mol. The topological polar surface area (TPSA) is 70.2 Å². The summed E-state index contributed by atoms with van der Waals surface area (Å²) in [6, 6.07) is 4.92. The molecule has 0 spiro atoms. The van der Waals surface area contributed by atoms with E-state index in [-0.39, 0.29) is 24.4 Å². The number of H-pyrrole nitrogens is 1. The summed E-state index contributed by atoms with van der Waals surface area (Å²) in [6.07, 6.45) is 0. The van der Waals surface area contributed by atoms with Crippen LogP contribution >= 0.6 is 0 Å². The van der Waals surface area contributed by atoms with Gasteiger partial charge in [-0.1, -0.05) is 0 Å². The number of hydrogen-bond acceptors (Lipinski definition) is 4. The summed E-state index contributed by atoms with van der Waals surface area (Å²) in [5.41, 5.74) is 1.44. The zero-order valence-electron chi connectivity index (χ0n) is 17.6. The first-order chi connectivity index (χ1) is 15.8. The maximum atomic E-state index is 14.2. The molecule has 1 aliphatic heterocycles. The molecule has 10 heteroatoms. The molecule has 0 bridgehead atoms. The fourth-order valence-corrected chi connectivity index (χ4v) is 4.28. The molecule has 0 radical (unpaired) electrons. The normalized spacial score (nSPS) is 15.6. The van der Waals surface area contributed by atoms with Crippen molar-refractivity contribution in [3.05, 3.63) is 70.6 Å². The maximum Gasteiger partial charge on any atom is 0.270 e. The number of carbonyl (C=O) groups excluding carboxylic acids is 1. The van der Waals surface area contributed by atoms with E-state index in [2.05, 4.69) is 15.3 Å². The van der Waals surface area contributed by atoms with Crippen LogP contribution in [0.25, 0.3) is 21.7 Å². The van der Waals surface area contributed by atoms with E-state index in [0.717, 1.165) is 24.3 Å². The van der Waals surface area contributed by atoms with E-state index >= 15 is 0 Å². The van der Waals surface area contributed by atoms with Crippen molar-refractivity contribution in [2.45, 2.75) is 12.6 Å². The number of hydrogen-bond donors (Lipinski definition) is 2. The molecule has 0 aliphatic carbocycles. The van der Waals surface area contributed by atoms with Crippen molar-refractivity contribution in [3.63, 3.8) is 0 Å². The summed E-state index contributed by atoms with van der Waals surface area (Å²) in [6.45, 7) is 0.246. The Morgan fingerprint density at radius 1 is 1.06 bits per heavy atom. The van der Waals surface area contributed by atoms with Crippen LogP contribution < -0.4 is 5.32 Å². The quantitative estimate of drug-likeness (QED) is 0.439. The standard InChI is InChI=1S/C23H18F4N4O2/c1-28-22-12-6-15(26)14(25)5-11(12)21-19(30-22)8-33-9-20(21)31(2)23(32)18-4-10-3-13(24)16(27)7-17(10)29-18/h3-7,20,29H,8-9H2,1-2H3,(H,28,30). The van der Waals surface area contributed by atoms with Gasteiger partial charge in [0.05, 0.1) is 24.9 Å². The number of anilines is 1. The third kappa shape index (κ3) is 3.37. The second-order valence-corrected chi connectivity index (χ2v) is 7.87. The van der Waals surface area contributed by atoms with Crippen LogP contribution in [0.15, 0.2) is 30.3 Å². The molecule has 1 amide bonds. The second-order valence-electron chi connectivity index (χ2n) is 7.87. The number of likely N-dealkylation sites (N-methyl/N-ethyl adjacent to an activating group) is 1. The predicted molar refractivity (Wildman–Crippen MR) is 114 cm³/mol. The van der Waals surface area contributed by atoms with Crippen LogP contribution in [0.2, 0.25) is 0 Å². The van der Waals surface area contributed by atoms with Gasteiger partial charge in [0.2, 0.25) is 0 Å². The zero-order chi connectivity index (χ0) is 23.4. The number of benzene rings is 2. The van der Waals surface area contributed by atoms with Gasteiger partial charge in [0.25, 0.3) is 5.91 Å². The summed E-state index contributed by atoms with van der Waals surface area (Å²) < 4.78 is 61.0. The molecule has 2 N–H and O–H groups in total. The number of fused-ring (bicyclic) bond motifs is 4. The van der Waals surface area contributed by atoms with Crippen molar-refractivity contribution >= 4 is 33.4 Å². The molecule has 0 saturated carbocycles. The Morgan fingerprint density at radius 2 is 1.73 bits per heavy atom. The van der Waals surface area contributed by atoms with Crippen LogP contribution in [0.1, 0.15) is 27.8 Å². The molecular weight excluding hydrogens is 440 g/mol. The second kappa shape index (κ2) is 7.73. The molecule has 2 aromatic carbocycles. The van der Waals surface area contributed by atoms with E-state index in [9.17, 15) is 22.4 Å². The Labute approximate surface area is 185 Å². The lowest BCUT2D eigenvalue weighted by molar-refractivity contribution is 0.0334. The van der Waals surface area contributed by atoms with Gasteiger partial charge in [0.1, 0.15) is 11.5 Å². The minimum atomic E-state index is -1.03. The summed E-state index contributed by atoms with van der Waals surface area (Å²) in [4.78, 5) is 21.9. The van der Waals surface area contributed by atoms with Gasteiger partial charge in [-0.3, -0.25) is 4.79 Å². The van der Waals surface area contributed by atoms with Gasteiger partial charge < -0.3 is 19.9 Å². The van der Waals surface area contributed by atoms with E-state index in [4.69, 9.17) is 4.74 Å². The largest absolute Gasteiger partial charge is 0.373 e. The molecule has 2 aromatic heterocycles. The van der Waals surface area contributed by atoms with Crippen LogP contribution in [0.3, 0.4) is 0 Å². The number of amides is 1. The molecule has 1 aliphatic rings. The van der Waals surface area contributed by atoms with E-state index < -0.39 is 35.2 Å². The monoisotopic (exact) mass is 458 g/mol. The van der Waals surface area contributed by atoms with Gasteiger partial charge in [-0.05, 0) is 29.7 Å². The Balaban J connectivity index is 1.61. The number of carbonyl (C=O) groups is 1. The van der Waals surface area contributed by atoms with Crippen molar-refractivity contribution < 1.29 is 27.1 Å². The minimum absolute atomic E-state index is 0.105. The van der Waals surface area contributed by atoms with Crippen LogP contribution in [-0.2, 0) is 11.3 Å². The molecule has 4 aromatic rings. The van der Waals surface area contributed by atoms with Gasteiger partial charge in [0, 0.05) is 42.0 Å². The van der Waals surface area contributed by atoms with Gasteiger partial charge in [-0.15, -0.1) is 0 Å². The molecule has 0 fully saturated rings. The number of aromatic amines is 1. The molecule has 1 unspecified atom stereocenters. The fourth-order valence-electron chi connectivity index (χ4n) is 4.28. The third-order valence-corrected chi connectivity index (χ3v) is 5.93. The number of pyridine rings is 1. The lowest BCUT2D eigenvalue weighted by Crippen LogP contribution is -2.37. The maximum absolute atomic E-state index is 14.2. The van der Waals surface area contributed by atoms with Gasteiger partial charge in [-0.2, -0.15) is 0 Å². The highest BCUT2D eigenvalue weighted by atomic mass is 19.2. The summed E-state index contributed by atoms with van der Waals surface area (Å²) >= 11 is 0. The third-order valence-electron chi connectivity index (χ3n) is 5.93. The Kier molecular flexibility index (Phi) is 4.97. The van der Waals surface area contributed by atoms with Crippen LogP contribution in [0, 0.1) is 23.3 Å². The number of rotatable bonds is 3. The van der Waals surface area contributed by atoms with E-state index in [1.165, 1.54) is 18.0 Å². The highest BCUT2D eigenvalue weighted by Gasteiger charge is 2.32. The zero-order valence-corrected chi connectivity index (χ0v) is 17.6. The van der Waals surface area contributed by atoms with E-state index in [1.54, 1.807) is 7.05 Å². The van der Waals surface area contributed by atoms with Crippen molar-refractivity contribution in [2.24, 2.45) is 0 Å². The summed E-state index contributed by atoms with van der Waals surface area (Å²) in [5.74, 6) is -4.18. The average Bonchev–Trinajstić information content (AvgIpc) is 3.20. The molecule has 170 valence electrons. The first-order valence-corrected chi connectivity index (χ1v) is 10.1. The summed E-state index contributed by atoms with van der Waals surface area (Å²) in [5, 5.41) is 4.01. The lowest BCUT2D eigenvalue weighted by atomic mass is 9.94. The number of nitrogens with one attached hydrogen (secondary N) is 2. The smallest absolute Gasteiger partial charge is 0.270 e. The van der Waals surface area contributed by atoms with Crippen molar-refractivity contribution in [1.82, 2.24) is 14.9 Å². The number of ether oxygens (including phenoxy) is 1. The molecule has 3 heterocycles. The molecular formula is C23H18F4N4O2. The predicted octanol–water partition coefficient (Wildman–Crippen LogP) is 4.66. The number of nitrogens with zero attached hydrogens (tertiary/aromatic N) is 2. The Bertz CT molecular complexity index is 1400. The van der Waals surface area contributed by atoms with Crippen LogP contribution in [0.4, 0.5) is 23.4 Å². The Morgan fingerprint density at radius 3 is 2.45 bits per heavy atom. The summed E-state index contributed by atoms with van der Waals surface area (Å²) in [7, 11) is 3.16. The SMILES string of the molecule is CNc1nc2c(c3cc(F)c(F)cc13)C(N(C)C(=O)c1cc3cc(F)c(F)cc3[nH]1)COC2. The van der Waals surface area contributed by atoms with E-state index in [0.29, 0.717) is 33.2 Å². The Hall–Kier alpha value is -3.66. The molecule has 5 rings (SSSR count). The molecule has 33 heavy (non-hydrogen) atoms. The van der Waals surface area contributed by atoms with Crippen molar-refractivity contribution in [2.75, 3.05) is 26.0 Å². The van der Waals surface area contributed by atoms with Gasteiger partial charge >= 0.3 is 0 Å². The van der Waals surface area contributed by atoms with Gasteiger partial charge in [-0.25, -0.2) is 22.5 Å². The van der Waals surface area contributed by atoms with E-state index in [1.807, 2.05) is 0 Å². The van der Waals surface area contributed by atoms with Crippen molar-refractivity contribution in [3.8, 4) is 0 Å². The van der Waals surface area contributed by atoms with Crippen LogP contribution in [0.5, 0.6) is 0 Å². The lowest BCUT2D eigenvalue weighted by Gasteiger charge is -2.33.